The van der Waals surface area contributed by atoms with E-state index in [1.807, 2.05) is 24.3 Å². The highest BCUT2D eigenvalue weighted by atomic mass is 32.1. The van der Waals surface area contributed by atoms with E-state index < -0.39 is 5.97 Å². The minimum Gasteiger partial charge on any atom is -0.465 e. The molecule has 0 saturated heterocycles. The normalized spacial score (nSPS) is 10.7. The summed E-state index contributed by atoms with van der Waals surface area (Å²) in [5, 5.41) is 6.86. The van der Waals surface area contributed by atoms with Crippen molar-refractivity contribution in [2.45, 2.75) is 13.8 Å². The van der Waals surface area contributed by atoms with Crippen molar-refractivity contribution in [3.05, 3.63) is 46.8 Å². The van der Waals surface area contributed by atoms with Crippen LogP contribution in [0.15, 0.2) is 24.3 Å². The number of carbonyl (C=O) groups excluding carboxylic acids is 2. The van der Waals surface area contributed by atoms with Crippen LogP contribution in [0.25, 0.3) is 10.2 Å². The number of anilines is 1. The molecule has 0 aliphatic heterocycles. The number of carbonyl (C=O) groups is 2. The number of methoxy groups -OCH3 is 1. The first-order valence-electron chi connectivity index (χ1n) is 8.16. The fourth-order valence-corrected chi connectivity index (χ4v) is 3.66. The van der Waals surface area contributed by atoms with Gasteiger partial charge in [-0.05, 0) is 31.5 Å². The van der Waals surface area contributed by atoms with Crippen LogP contribution in [-0.4, -0.2) is 42.0 Å². The van der Waals surface area contributed by atoms with Gasteiger partial charge in [-0.25, -0.2) is 9.78 Å². The Bertz CT molecular complexity index is 928. The molecule has 1 aromatic carbocycles. The fourth-order valence-electron chi connectivity index (χ4n) is 2.77. The third-order valence-electron chi connectivity index (χ3n) is 4.03. The molecule has 0 aliphatic carbocycles. The van der Waals surface area contributed by atoms with E-state index in [9.17, 15) is 9.59 Å². The molecule has 0 spiro atoms. The van der Waals surface area contributed by atoms with Gasteiger partial charge in [-0.2, -0.15) is 0 Å². The Morgan fingerprint density at radius 3 is 2.73 bits per heavy atom. The molecule has 3 aromatic rings. The van der Waals surface area contributed by atoms with E-state index in [1.165, 1.54) is 7.11 Å². The highest BCUT2D eigenvalue weighted by Gasteiger charge is 2.22. The third-order valence-corrected chi connectivity index (χ3v) is 5.03. The van der Waals surface area contributed by atoms with Crippen LogP contribution in [0, 0.1) is 13.8 Å². The van der Waals surface area contributed by atoms with Gasteiger partial charge in [0, 0.05) is 18.8 Å². The van der Waals surface area contributed by atoms with Crippen LogP contribution in [0.5, 0.6) is 0 Å². The van der Waals surface area contributed by atoms with Gasteiger partial charge in [0.1, 0.15) is 5.69 Å². The number of aromatic nitrogens is 2. The predicted octanol–water partition coefficient (Wildman–Crippen LogP) is 2.87. The average Bonchev–Trinajstić information content (AvgIpc) is 3.18. The number of fused-ring (bicyclic) bond motifs is 1. The van der Waals surface area contributed by atoms with E-state index in [-0.39, 0.29) is 5.91 Å². The Hall–Kier alpha value is -2.87. The minimum atomic E-state index is -0.451. The van der Waals surface area contributed by atoms with Gasteiger partial charge in [0.25, 0.3) is 5.91 Å². The van der Waals surface area contributed by atoms with Crippen molar-refractivity contribution >= 4 is 38.6 Å². The number of aromatic amines is 1. The van der Waals surface area contributed by atoms with Crippen molar-refractivity contribution in [3.63, 3.8) is 0 Å². The van der Waals surface area contributed by atoms with Crippen molar-refractivity contribution in [1.29, 1.82) is 0 Å². The number of ether oxygens (including phenoxy) is 1. The number of esters is 1. The maximum absolute atomic E-state index is 12.4. The van der Waals surface area contributed by atoms with E-state index in [0.29, 0.717) is 35.6 Å². The zero-order valence-corrected chi connectivity index (χ0v) is 15.6. The maximum atomic E-state index is 12.4. The number of rotatable bonds is 6. The van der Waals surface area contributed by atoms with E-state index in [0.717, 1.165) is 15.3 Å². The summed E-state index contributed by atoms with van der Waals surface area (Å²) in [6.45, 7) is 4.45. The quantitative estimate of drug-likeness (QED) is 0.457. The van der Waals surface area contributed by atoms with E-state index in [1.54, 1.807) is 25.2 Å². The topological polar surface area (TPSA) is 96.1 Å². The summed E-state index contributed by atoms with van der Waals surface area (Å²) in [5.41, 5.74) is 2.95. The lowest BCUT2D eigenvalue weighted by molar-refractivity contribution is 0.0599. The molecule has 0 aliphatic rings. The first kappa shape index (κ1) is 17.9. The highest BCUT2D eigenvalue weighted by Crippen LogP contribution is 2.25. The molecule has 0 radical (unpaired) electrons. The summed E-state index contributed by atoms with van der Waals surface area (Å²) < 4.78 is 5.87. The second-order valence-electron chi connectivity index (χ2n) is 5.79. The predicted molar refractivity (Wildman–Crippen MR) is 102 cm³/mol. The largest absolute Gasteiger partial charge is 0.465 e. The lowest BCUT2D eigenvalue weighted by Gasteiger charge is -2.06. The van der Waals surface area contributed by atoms with Crippen LogP contribution in [0.1, 0.15) is 32.1 Å². The first-order chi connectivity index (χ1) is 12.5. The van der Waals surface area contributed by atoms with Crippen LogP contribution in [0.3, 0.4) is 0 Å². The van der Waals surface area contributed by atoms with Crippen LogP contribution in [-0.2, 0) is 4.74 Å². The second kappa shape index (κ2) is 7.57. The fraction of sp³-hybridized carbons (Fsp3) is 0.278. The van der Waals surface area contributed by atoms with Gasteiger partial charge in [0.2, 0.25) is 0 Å². The number of para-hydroxylation sites is 1. The number of H-pyrrole nitrogens is 1. The molecule has 3 N–H and O–H groups in total. The molecule has 0 fully saturated rings. The number of benzene rings is 1. The van der Waals surface area contributed by atoms with Gasteiger partial charge in [-0.15, -0.1) is 0 Å². The number of nitrogens with one attached hydrogen (secondary N) is 3. The summed E-state index contributed by atoms with van der Waals surface area (Å²) in [4.78, 5) is 31.6. The van der Waals surface area contributed by atoms with Gasteiger partial charge in [-0.3, -0.25) is 4.79 Å². The third kappa shape index (κ3) is 3.55. The zero-order chi connectivity index (χ0) is 18.7. The number of nitrogens with zero attached hydrogens (tertiary/aromatic N) is 1. The molecule has 136 valence electrons. The second-order valence-corrected chi connectivity index (χ2v) is 6.82. The van der Waals surface area contributed by atoms with Gasteiger partial charge in [0.15, 0.2) is 5.13 Å². The zero-order valence-electron chi connectivity index (χ0n) is 14.8. The molecule has 2 heterocycles. The highest BCUT2D eigenvalue weighted by molar-refractivity contribution is 7.22. The van der Waals surface area contributed by atoms with E-state index in [4.69, 9.17) is 4.74 Å². The molecule has 7 nitrogen and oxygen atoms in total. The van der Waals surface area contributed by atoms with Crippen molar-refractivity contribution in [2.24, 2.45) is 0 Å². The molecule has 0 bridgehead atoms. The number of thiazole rings is 1. The Kier molecular flexibility index (Phi) is 5.22. The molecule has 8 heteroatoms. The first-order valence-corrected chi connectivity index (χ1v) is 8.98. The average molecular weight is 372 g/mol. The molecular formula is C18H20N4O3S. The van der Waals surface area contributed by atoms with Crippen molar-refractivity contribution < 1.29 is 14.3 Å². The maximum Gasteiger partial charge on any atom is 0.339 e. The molecule has 3 rings (SSSR count). The van der Waals surface area contributed by atoms with Gasteiger partial charge in [-0.1, -0.05) is 23.5 Å². The summed E-state index contributed by atoms with van der Waals surface area (Å²) in [6, 6.07) is 7.92. The molecular weight excluding hydrogens is 352 g/mol. The number of hydrogen-bond donors (Lipinski definition) is 3. The Morgan fingerprint density at radius 2 is 2.00 bits per heavy atom. The Morgan fingerprint density at radius 1 is 1.23 bits per heavy atom. The van der Waals surface area contributed by atoms with Crippen LogP contribution in [0.2, 0.25) is 0 Å². The monoisotopic (exact) mass is 372 g/mol. The summed E-state index contributed by atoms with van der Waals surface area (Å²) in [5.74, 6) is -0.709. The standard InChI is InChI=1S/C18H20N4O3S/c1-10-14(17(24)25-3)11(2)21-15(10)16(23)19-8-9-20-18-22-12-6-4-5-7-13(12)26-18/h4-7,21H,8-9H2,1-3H3,(H,19,23)(H,20,22). The number of amides is 1. The minimum absolute atomic E-state index is 0.258. The van der Waals surface area contributed by atoms with Gasteiger partial charge in [0.05, 0.1) is 22.9 Å². The van der Waals surface area contributed by atoms with E-state index in [2.05, 4.69) is 20.6 Å². The van der Waals surface area contributed by atoms with Gasteiger partial charge < -0.3 is 20.4 Å². The molecule has 0 saturated carbocycles. The van der Waals surface area contributed by atoms with E-state index >= 15 is 0 Å². The summed E-state index contributed by atoms with van der Waals surface area (Å²) in [6.07, 6.45) is 0. The summed E-state index contributed by atoms with van der Waals surface area (Å²) >= 11 is 1.57. The molecule has 0 atom stereocenters. The Labute approximate surface area is 154 Å². The van der Waals surface area contributed by atoms with Crippen LogP contribution in [0.4, 0.5) is 5.13 Å². The van der Waals surface area contributed by atoms with Gasteiger partial charge >= 0.3 is 5.97 Å². The number of aryl methyl sites for hydroxylation is 1. The molecule has 26 heavy (non-hydrogen) atoms. The lowest BCUT2D eigenvalue weighted by Crippen LogP contribution is -2.29. The van der Waals surface area contributed by atoms with Crippen LogP contribution >= 0.6 is 11.3 Å². The Balaban J connectivity index is 1.56. The molecule has 0 unspecified atom stereocenters. The molecule has 1 amide bonds. The van der Waals surface area contributed by atoms with Crippen LogP contribution < -0.4 is 10.6 Å². The van der Waals surface area contributed by atoms with Crippen molar-refractivity contribution in [2.75, 3.05) is 25.5 Å². The van der Waals surface area contributed by atoms with Crippen molar-refractivity contribution in [1.82, 2.24) is 15.3 Å². The summed E-state index contributed by atoms with van der Waals surface area (Å²) in [7, 11) is 1.32. The lowest BCUT2D eigenvalue weighted by atomic mass is 10.1. The SMILES string of the molecule is COC(=O)c1c(C)[nH]c(C(=O)NCCNc2nc3ccccc3s2)c1C. The number of hydrogen-bond acceptors (Lipinski definition) is 6. The van der Waals surface area contributed by atoms with Crippen molar-refractivity contribution in [3.8, 4) is 0 Å². The molecule has 2 aromatic heterocycles. The smallest absolute Gasteiger partial charge is 0.339 e.